The van der Waals surface area contributed by atoms with Crippen LogP contribution in [0.4, 0.5) is 57.1 Å². The van der Waals surface area contributed by atoms with Gasteiger partial charge in [0, 0.05) is 0 Å². The summed E-state index contributed by atoms with van der Waals surface area (Å²) < 4.78 is 198. The van der Waals surface area contributed by atoms with Gasteiger partial charge in [0.25, 0.3) is 0 Å². The molecule has 1 rings (SSSR count). The van der Waals surface area contributed by atoms with E-state index in [0.29, 0.717) is 17.7 Å². The summed E-state index contributed by atoms with van der Waals surface area (Å²) in [5, 5.41) is 0. The molecule has 0 unspecified atom stereocenters. The predicted molar refractivity (Wildman–Crippen MR) is 86.5 cm³/mol. The fourth-order valence-electron chi connectivity index (χ4n) is 1.71. The second kappa shape index (κ2) is 8.29. The van der Waals surface area contributed by atoms with Crippen molar-refractivity contribution in [1.82, 2.24) is 0 Å². The average Bonchev–Trinajstić information content (AvgIpc) is 2.59. The van der Waals surface area contributed by atoms with Crippen LogP contribution >= 0.6 is 20.6 Å². The van der Waals surface area contributed by atoms with Gasteiger partial charge in [-0.3, -0.25) is 0 Å². The standard InChI is InChI=1S/C13H8F13IO4S/c1-6-2-4-7(5-3-6)32(29,30)31-27(28)13(25,26)11(20,21)9(16,17)8(14,15)10(18,19)12(22,23)24/h2-5,28H,1H3. The molecule has 0 amide bonds. The van der Waals surface area contributed by atoms with Gasteiger partial charge in [0.2, 0.25) is 0 Å². The summed E-state index contributed by atoms with van der Waals surface area (Å²) in [6.45, 7) is 1.38. The first-order valence-electron chi connectivity index (χ1n) is 7.24. The number of hydrogen-bond acceptors (Lipinski definition) is 4. The Hall–Kier alpha value is -1.09. The molecule has 0 heterocycles. The van der Waals surface area contributed by atoms with E-state index in [9.17, 15) is 65.5 Å². The van der Waals surface area contributed by atoms with E-state index in [2.05, 4.69) is 2.51 Å². The molecular formula is C13H8F13IO4S. The average molecular weight is 634 g/mol. The van der Waals surface area contributed by atoms with Crippen molar-refractivity contribution in [3.8, 4) is 0 Å². The molecular weight excluding hydrogens is 626 g/mol. The van der Waals surface area contributed by atoms with Crippen molar-refractivity contribution < 1.29 is 71.4 Å². The SMILES string of the molecule is Cc1ccc(S(=O)(=O)OI(O)C(F)(F)C(F)(F)C(F)(F)C(F)(F)C(F)(F)C(F)(F)F)cc1. The van der Waals surface area contributed by atoms with Crippen LogP contribution in [0.2, 0.25) is 0 Å². The molecule has 4 nitrogen and oxygen atoms in total. The molecule has 0 aliphatic heterocycles. The molecule has 0 aliphatic carbocycles. The second-order valence-corrected chi connectivity index (χ2v) is 11.1. The Balaban J connectivity index is 3.42. The van der Waals surface area contributed by atoms with E-state index in [1.807, 2.05) is 0 Å². The van der Waals surface area contributed by atoms with Crippen LogP contribution in [0.1, 0.15) is 5.56 Å². The zero-order valence-electron chi connectivity index (χ0n) is 14.7. The van der Waals surface area contributed by atoms with Gasteiger partial charge in [-0.15, -0.1) is 0 Å². The van der Waals surface area contributed by atoms with E-state index < -0.39 is 69.5 Å². The van der Waals surface area contributed by atoms with Crippen LogP contribution < -0.4 is 0 Å². The van der Waals surface area contributed by atoms with Crippen LogP contribution in [0.3, 0.4) is 0 Å². The van der Waals surface area contributed by atoms with Gasteiger partial charge in [0.1, 0.15) is 0 Å². The molecule has 1 N–H and O–H groups in total. The summed E-state index contributed by atoms with van der Waals surface area (Å²) in [5.74, 6) is -32.1. The molecule has 0 spiro atoms. The molecule has 0 radical (unpaired) electrons. The Morgan fingerprint density at radius 2 is 1.09 bits per heavy atom. The molecule has 19 heteroatoms. The van der Waals surface area contributed by atoms with Crippen LogP contribution in [0.5, 0.6) is 0 Å². The van der Waals surface area contributed by atoms with E-state index >= 15 is 0 Å². The molecule has 0 atom stereocenters. The Morgan fingerprint density at radius 3 is 1.47 bits per heavy atom. The first-order chi connectivity index (χ1) is 13.9. The number of rotatable bonds is 8. The zero-order valence-corrected chi connectivity index (χ0v) is 17.7. The van der Waals surface area contributed by atoms with Crippen molar-refractivity contribution in [3.05, 3.63) is 29.8 Å². The summed E-state index contributed by atoms with van der Waals surface area (Å²) in [6, 6.07) is 3.20. The Morgan fingerprint density at radius 1 is 0.719 bits per heavy atom. The minimum atomic E-state index is -8.17. The van der Waals surface area contributed by atoms with Gasteiger partial charge in [-0.25, -0.2) is 0 Å². The topological polar surface area (TPSA) is 63.6 Å². The molecule has 0 bridgehead atoms. The molecule has 0 aromatic heterocycles. The Labute approximate surface area is 177 Å². The van der Waals surface area contributed by atoms with Gasteiger partial charge in [-0.2, -0.15) is 0 Å². The number of benzene rings is 1. The minimum absolute atomic E-state index is 0.354. The van der Waals surface area contributed by atoms with Gasteiger partial charge < -0.3 is 0 Å². The van der Waals surface area contributed by atoms with Crippen LogP contribution in [0, 0.1) is 6.92 Å². The van der Waals surface area contributed by atoms with Crippen LogP contribution in [-0.2, 0) is 12.6 Å². The van der Waals surface area contributed by atoms with Crippen molar-refractivity contribution in [3.63, 3.8) is 0 Å². The van der Waals surface area contributed by atoms with Gasteiger partial charge in [0.15, 0.2) is 0 Å². The first kappa shape index (κ1) is 28.9. The summed E-state index contributed by atoms with van der Waals surface area (Å²) in [4.78, 5) is -1.10. The molecule has 0 aliphatic rings. The molecule has 1 aromatic carbocycles. The van der Waals surface area contributed by atoms with E-state index in [4.69, 9.17) is 3.44 Å². The fraction of sp³-hybridized carbons (Fsp3) is 0.538. The zero-order chi connectivity index (χ0) is 25.8. The third kappa shape index (κ3) is 4.48. The van der Waals surface area contributed by atoms with Gasteiger partial charge in [-0.05, 0) is 0 Å². The van der Waals surface area contributed by atoms with Gasteiger partial charge in [0.05, 0.1) is 0 Å². The summed E-state index contributed by atoms with van der Waals surface area (Å²) >= 11 is -6.84. The molecule has 0 saturated heterocycles. The number of alkyl halides is 14. The monoisotopic (exact) mass is 634 g/mol. The second-order valence-electron chi connectivity index (χ2n) is 5.85. The third-order valence-electron chi connectivity index (χ3n) is 3.55. The van der Waals surface area contributed by atoms with Crippen molar-refractivity contribution in [2.24, 2.45) is 0 Å². The predicted octanol–water partition coefficient (Wildman–Crippen LogP) is 5.73. The van der Waals surface area contributed by atoms with E-state index in [0.717, 1.165) is 12.1 Å². The van der Waals surface area contributed by atoms with Gasteiger partial charge in [-0.1, -0.05) is 0 Å². The number of halogens is 14. The van der Waals surface area contributed by atoms with Crippen LogP contribution in [0.25, 0.3) is 0 Å². The van der Waals surface area contributed by atoms with E-state index in [1.54, 1.807) is 0 Å². The quantitative estimate of drug-likeness (QED) is 0.226. The van der Waals surface area contributed by atoms with Crippen LogP contribution in [-0.4, -0.2) is 45.6 Å². The number of hydrogen-bond donors (Lipinski definition) is 1. The van der Waals surface area contributed by atoms with Crippen LogP contribution in [0.15, 0.2) is 29.2 Å². The van der Waals surface area contributed by atoms with E-state index in [-0.39, 0.29) is 0 Å². The fourth-order valence-corrected chi connectivity index (χ4v) is 6.05. The first-order valence-corrected chi connectivity index (χ1v) is 11.6. The molecule has 32 heavy (non-hydrogen) atoms. The molecule has 0 saturated carbocycles. The Kier molecular flexibility index (Phi) is 7.50. The summed E-state index contributed by atoms with van der Waals surface area (Å²) in [7, 11) is -5.61. The normalized spacial score (nSPS) is 15.7. The molecule has 188 valence electrons. The maximum atomic E-state index is 13.8. The van der Waals surface area contributed by atoms with Crippen molar-refractivity contribution in [2.45, 2.75) is 45.6 Å². The maximum absolute atomic E-state index is 13.8. The van der Waals surface area contributed by atoms with Crippen molar-refractivity contribution in [2.75, 3.05) is 0 Å². The third-order valence-corrected chi connectivity index (χ3v) is 8.96. The van der Waals surface area contributed by atoms with E-state index in [1.165, 1.54) is 6.92 Å². The Bertz CT molecular complexity index is 928. The van der Waals surface area contributed by atoms with Gasteiger partial charge >= 0.3 is 178 Å². The molecule has 0 fully saturated rings. The molecule has 1 aromatic rings. The summed E-state index contributed by atoms with van der Waals surface area (Å²) in [6.07, 6.45) is -7.59. The summed E-state index contributed by atoms with van der Waals surface area (Å²) in [5.41, 5.74) is 0.354. The van der Waals surface area contributed by atoms with Crippen molar-refractivity contribution in [1.29, 1.82) is 0 Å². The van der Waals surface area contributed by atoms with Crippen molar-refractivity contribution >= 4 is 30.8 Å². The number of aryl methyl sites for hydroxylation is 1.